The van der Waals surface area contributed by atoms with Crippen LogP contribution >= 0.6 is 31.9 Å². The van der Waals surface area contributed by atoms with Crippen molar-refractivity contribution in [2.45, 2.75) is 51.6 Å². The van der Waals surface area contributed by atoms with E-state index >= 15 is 0 Å². The Balaban J connectivity index is 1.32. The fourth-order valence-electron chi connectivity index (χ4n) is 5.28. The minimum absolute atomic E-state index is 0.180. The van der Waals surface area contributed by atoms with Crippen molar-refractivity contribution in [3.8, 4) is 23.0 Å². The van der Waals surface area contributed by atoms with Crippen molar-refractivity contribution in [1.82, 2.24) is 9.66 Å². The highest BCUT2D eigenvalue weighted by atomic mass is 79.9. The lowest BCUT2D eigenvalue weighted by Gasteiger charge is -2.22. The van der Waals surface area contributed by atoms with Crippen molar-refractivity contribution in [2.24, 2.45) is 5.10 Å². The first kappa shape index (κ1) is 27.8. The highest BCUT2D eigenvalue weighted by Crippen LogP contribution is 2.38. The van der Waals surface area contributed by atoms with Gasteiger partial charge in [0, 0.05) is 10.4 Å². The molecule has 6 rings (SSSR count). The van der Waals surface area contributed by atoms with Crippen molar-refractivity contribution in [1.29, 1.82) is 0 Å². The van der Waals surface area contributed by atoms with E-state index in [9.17, 15) is 4.79 Å². The lowest BCUT2D eigenvalue weighted by atomic mass is 9.88. The van der Waals surface area contributed by atoms with E-state index in [1.165, 1.54) is 11.1 Å². The SMILES string of the molecule is CCOc1cc(C=Nn2c(C3CCCCC3)nc3ccc(Br)cc3c2=O)cc(Br)c1OCc1ccc2c(c1)OCO2. The van der Waals surface area contributed by atoms with Gasteiger partial charge in [-0.05, 0) is 89.3 Å². The predicted molar refractivity (Wildman–Crippen MR) is 165 cm³/mol. The van der Waals surface area contributed by atoms with Crippen molar-refractivity contribution in [2.75, 3.05) is 13.4 Å². The van der Waals surface area contributed by atoms with Gasteiger partial charge in [0.05, 0.1) is 28.2 Å². The van der Waals surface area contributed by atoms with Gasteiger partial charge in [-0.2, -0.15) is 9.78 Å². The molecule has 0 N–H and O–H groups in total. The molecular weight excluding hydrogens is 654 g/mol. The minimum Gasteiger partial charge on any atom is -0.490 e. The maximum absolute atomic E-state index is 13.7. The molecule has 0 unspecified atom stereocenters. The Morgan fingerprint density at radius 3 is 2.68 bits per heavy atom. The van der Waals surface area contributed by atoms with Gasteiger partial charge in [-0.1, -0.05) is 41.3 Å². The number of halogens is 2. The summed E-state index contributed by atoms with van der Waals surface area (Å²) in [6, 6.07) is 15.1. The third-order valence-electron chi connectivity index (χ3n) is 7.28. The van der Waals surface area contributed by atoms with E-state index in [4.69, 9.17) is 23.9 Å². The van der Waals surface area contributed by atoms with Gasteiger partial charge < -0.3 is 18.9 Å². The number of hydrogen-bond donors (Lipinski definition) is 0. The van der Waals surface area contributed by atoms with Crippen LogP contribution in [0.4, 0.5) is 0 Å². The molecule has 1 aliphatic heterocycles. The van der Waals surface area contributed by atoms with Crippen LogP contribution in [0, 0.1) is 0 Å². The van der Waals surface area contributed by atoms with Crippen molar-refractivity contribution >= 4 is 49.0 Å². The Labute approximate surface area is 254 Å². The molecule has 0 spiro atoms. The van der Waals surface area contributed by atoms with Crippen LogP contribution in [-0.4, -0.2) is 29.3 Å². The fourth-order valence-corrected chi connectivity index (χ4v) is 6.21. The molecule has 0 amide bonds. The van der Waals surface area contributed by atoms with Gasteiger partial charge in [-0.15, -0.1) is 0 Å². The fraction of sp³-hybridized carbons (Fsp3) is 0.323. The Morgan fingerprint density at radius 2 is 1.85 bits per heavy atom. The zero-order valence-electron chi connectivity index (χ0n) is 22.6. The number of rotatable bonds is 8. The number of aromatic nitrogens is 2. The molecule has 2 heterocycles. The molecule has 212 valence electrons. The molecule has 1 fully saturated rings. The van der Waals surface area contributed by atoms with Gasteiger partial charge in [0.15, 0.2) is 23.0 Å². The van der Waals surface area contributed by atoms with E-state index in [2.05, 4.69) is 37.0 Å². The molecule has 1 aliphatic carbocycles. The zero-order valence-corrected chi connectivity index (χ0v) is 25.7. The van der Waals surface area contributed by atoms with E-state index in [1.54, 1.807) is 12.3 Å². The van der Waals surface area contributed by atoms with Gasteiger partial charge in [0.1, 0.15) is 12.4 Å². The summed E-state index contributed by atoms with van der Waals surface area (Å²) in [7, 11) is 0. The topological polar surface area (TPSA) is 84.2 Å². The molecular formula is C31H29Br2N3O5. The Hall–Kier alpha value is -3.37. The van der Waals surface area contributed by atoms with Gasteiger partial charge in [-0.25, -0.2) is 4.98 Å². The highest BCUT2D eigenvalue weighted by Gasteiger charge is 2.23. The molecule has 10 heteroatoms. The number of nitrogens with zero attached hydrogens (tertiary/aromatic N) is 3. The van der Waals surface area contributed by atoms with Gasteiger partial charge in [0.25, 0.3) is 5.56 Å². The molecule has 8 nitrogen and oxygen atoms in total. The number of benzene rings is 3. The summed E-state index contributed by atoms with van der Waals surface area (Å²) in [6.07, 6.45) is 7.14. The van der Waals surface area contributed by atoms with Gasteiger partial charge >= 0.3 is 0 Å². The van der Waals surface area contributed by atoms with E-state index < -0.39 is 0 Å². The second-order valence-corrected chi connectivity index (χ2v) is 11.8. The normalized spacial score (nSPS) is 15.1. The minimum atomic E-state index is -0.180. The second kappa shape index (κ2) is 12.2. The van der Waals surface area contributed by atoms with Crippen LogP contribution in [0.1, 0.15) is 61.9 Å². The van der Waals surface area contributed by atoms with Crippen LogP contribution in [0.5, 0.6) is 23.0 Å². The summed E-state index contributed by atoms with van der Waals surface area (Å²) in [5.74, 6) is 3.50. The van der Waals surface area contributed by atoms with Crippen LogP contribution in [0.3, 0.4) is 0 Å². The lowest BCUT2D eigenvalue weighted by molar-refractivity contribution is 0.174. The Kier molecular flexibility index (Phi) is 8.30. The summed E-state index contributed by atoms with van der Waals surface area (Å²) in [6.45, 7) is 2.93. The zero-order chi connectivity index (χ0) is 28.3. The molecule has 2 aliphatic rings. The highest BCUT2D eigenvalue weighted by molar-refractivity contribution is 9.10. The van der Waals surface area contributed by atoms with E-state index in [0.717, 1.165) is 47.0 Å². The van der Waals surface area contributed by atoms with Crippen LogP contribution < -0.4 is 24.5 Å². The smallest absolute Gasteiger partial charge is 0.282 e. The number of hydrogen-bond acceptors (Lipinski definition) is 7. The monoisotopic (exact) mass is 681 g/mol. The first-order chi connectivity index (χ1) is 20.0. The van der Waals surface area contributed by atoms with E-state index in [1.807, 2.05) is 49.4 Å². The average Bonchev–Trinajstić information content (AvgIpc) is 3.45. The maximum Gasteiger partial charge on any atom is 0.282 e. The van der Waals surface area contributed by atoms with E-state index in [-0.39, 0.29) is 18.3 Å². The van der Waals surface area contributed by atoms with Crippen LogP contribution in [-0.2, 0) is 6.61 Å². The third-order valence-corrected chi connectivity index (χ3v) is 8.36. The summed E-state index contributed by atoms with van der Waals surface area (Å²) in [5.41, 5.74) is 2.21. The first-order valence-corrected chi connectivity index (χ1v) is 15.3. The molecule has 0 saturated heterocycles. The quantitative estimate of drug-likeness (QED) is 0.178. The van der Waals surface area contributed by atoms with Crippen LogP contribution in [0.2, 0.25) is 0 Å². The third kappa shape index (κ3) is 5.99. The summed E-state index contributed by atoms with van der Waals surface area (Å²) in [5, 5.41) is 5.22. The molecule has 1 aromatic heterocycles. The lowest BCUT2D eigenvalue weighted by Crippen LogP contribution is -2.25. The molecule has 41 heavy (non-hydrogen) atoms. The standard InChI is InChI=1S/C31H29Br2N3O5/c1-2-38-28-14-20(12-24(33)29(28)39-17-19-8-11-26-27(13-19)41-18-40-26)16-34-36-30(21-6-4-3-5-7-21)35-25-10-9-22(32)15-23(25)31(36)37/h8-16,21H,2-7,17-18H2,1H3. The maximum atomic E-state index is 13.7. The second-order valence-electron chi connectivity index (χ2n) is 10.1. The summed E-state index contributed by atoms with van der Waals surface area (Å²) in [4.78, 5) is 18.6. The van der Waals surface area contributed by atoms with Gasteiger partial charge in [0.2, 0.25) is 6.79 Å². The number of fused-ring (bicyclic) bond motifs is 2. The predicted octanol–water partition coefficient (Wildman–Crippen LogP) is 7.56. The average molecular weight is 683 g/mol. The first-order valence-electron chi connectivity index (χ1n) is 13.7. The Bertz CT molecular complexity index is 1680. The van der Waals surface area contributed by atoms with Crippen LogP contribution in [0.25, 0.3) is 10.9 Å². The molecule has 0 atom stereocenters. The number of ether oxygens (including phenoxy) is 4. The summed E-state index contributed by atoms with van der Waals surface area (Å²) >= 11 is 7.13. The van der Waals surface area contributed by atoms with Crippen molar-refractivity contribution in [3.63, 3.8) is 0 Å². The summed E-state index contributed by atoms with van der Waals surface area (Å²) < 4.78 is 26.0. The largest absolute Gasteiger partial charge is 0.490 e. The van der Waals surface area contributed by atoms with Crippen LogP contribution in [0.15, 0.2) is 67.4 Å². The van der Waals surface area contributed by atoms with Crippen molar-refractivity contribution < 1.29 is 18.9 Å². The molecule has 0 radical (unpaired) electrons. The molecule has 4 aromatic rings. The molecule has 0 bridgehead atoms. The molecule has 3 aromatic carbocycles. The van der Waals surface area contributed by atoms with E-state index in [0.29, 0.717) is 51.7 Å². The molecule has 1 saturated carbocycles. The van der Waals surface area contributed by atoms with Gasteiger partial charge in [-0.3, -0.25) is 4.79 Å². The van der Waals surface area contributed by atoms with Crippen molar-refractivity contribution in [3.05, 3.63) is 84.8 Å². The Morgan fingerprint density at radius 1 is 1.02 bits per heavy atom.